The van der Waals surface area contributed by atoms with E-state index in [1.165, 1.54) is 4.88 Å². The first-order chi connectivity index (χ1) is 8.11. The van der Waals surface area contributed by atoms with Gasteiger partial charge in [-0.2, -0.15) is 0 Å². The third-order valence-corrected chi connectivity index (χ3v) is 4.56. The first-order valence-electron chi connectivity index (χ1n) is 5.86. The van der Waals surface area contributed by atoms with Crippen LogP contribution >= 0.6 is 11.3 Å². The van der Waals surface area contributed by atoms with Gasteiger partial charge in [0.2, 0.25) is 0 Å². The summed E-state index contributed by atoms with van der Waals surface area (Å²) in [5.74, 6) is 0.0858. The average molecular weight is 254 g/mol. The molecule has 2 unspecified atom stereocenters. The fourth-order valence-corrected chi connectivity index (χ4v) is 3.48. The van der Waals surface area contributed by atoms with Crippen molar-refractivity contribution in [3.63, 3.8) is 0 Å². The van der Waals surface area contributed by atoms with Gasteiger partial charge in [0.1, 0.15) is 0 Å². The summed E-state index contributed by atoms with van der Waals surface area (Å²) in [7, 11) is 0. The minimum absolute atomic E-state index is 0.411. The maximum Gasteiger partial charge on any atom is 0.336 e. The van der Waals surface area contributed by atoms with Crippen molar-refractivity contribution in [2.75, 3.05) is 19.6 Å². The SMILES string of the molecule is Cc1sc(C2CNCC(CN)C2)cc1C(=O)O. The summed E-state index contributed by atoms with van der Waals surface area (Å²) in [6.07, 6.45) is 1.06. The summed E-state index contributed by atoms with van der Waals surface area (Å²) in [5.41, 5.74) is 6.14. The van der Waals surface area contributed by atoms with Crippen LogP contribution in [0, 0.1) is 12.8 Å². The number of piperidine rings is 1. The lowest BCUT2D eigenvalue weighted by atomic mass is 9.89. The molecule has 0 bridgehead atoms. The van der Waals surface area contributed by atoms with Crippen LogP contribution in [-0.4, -0.2) is 30.7 Å². The predicted molar refractivity (Wildman–Crippen MR) is 68.8 cm³/mol. The van der Waals surface area contributed by atoms with Crippen molar-refractivity contribution in [2.24, 2.45) is 11.7 Å². The Kier molecular flexibility index (Phi) is 3.81. The molecular weight excluding hydrogens is 236 g/mol. The molecule has 94 valence electrons. The normalized spacial score (nSPS) is 24.8. The molecule has 2 atom stereocenters. The van der Waals surface area contributed by atoms with Crippen LogP contribution in [-0.2, 0) is 0 Å². The van der Waals surface area contributed by atoms with Crippen LogP contribution in [0.1, 0.15) is 32.5 Å². The first kappa shape index (κ1) is 12.5. The van der Waals surface area contributed by atoms with Crippen molar-refractivity contribution in [2.45, 2.75) is 19.3 Å². The predicted octanol–water partition coefficient (Wildman–Crippen LogP) is 1.41. The van der Waals surface area contributed by atoms with E-state index in [1.54, 1.807) is 11.3 Å². The Morgan fingerprint density at radius 2 is 2.41 bits per heavy atom. The van der Waals surface area contributed by atoms with Crippen LogP contribution in [0.4, 0.5) is 0 Å². The molecule has 0 saturated carbocycles. The Morgan fingerprint density at radius 3 is 3.00 bits per heavy atom. The van der Waals surface area contributed by atoms with Gasteiger partial charge in [0.25, 0.3) is 0 Å². The zero-order chi connectivity index (χ0) is 12.4. The fourth-order valence-electron chi connectivity index (χ4n) is 2.35. The molecule has 2 heterocycles. The van der Waals surface area contributed by atoms with Crippen LogP contribution in [0.2, 0.25) is 0 Å². The second-order valence-corrected chi connectivity index (χ2v) is 5.90. The number of hydrogen-bond donors (Lipinski definition) is 3. The number of aryl methyl sites for hydroxylation is 1. The number of thiophene rings is 1. The maximum absolute atomic E-state index is 11.0. The summed E-state index contributed by atoms with van der Waals surface area (Å²) < 4.78 is 0. The highest BCUT2D eigenvalue weighted by molar-refractivity contribution is 7.12. The Labute approximate surface area is 105 Å². The van der Waals surface area contributed by atoms with Gasteiger partial charge >= 0.3 is 5.97 Å². The Bertz CT molecular complexity index is 417. The van der Waals surface area contributed by atoms with E-state index in [1.807, 2.05) is 13.0 Å². The number of hydrogen-bond acceptors (Lipinski definition) is 4. The van der Waals surface area contributed by atoms with E-state index >= 15 is 0 Å². The van der Waals surface area contributed by atoms with Crippen molar-refractivity contribution >= 4 is 17.3 Å². The molecule has 1 aliphatic heterocycles. The topological polar surface area (TPSA) is 75.3 Å². The third-order valence-electron chi connectivity index (χ3n) is 3.34. The van der Waals surface area contributed by atoms with Gasteiger partial charge in [-0.25, -0.2) is 4.79 Å². The highest BCUT2D eigenvalue weighted by Gasteiger charge is 2.24. The monoisotopic (exact) mass is 254 g/mol. The Balaban J connectivity index is 2.16. The largest absolute Gasteiger partial charge is 0.478 e. The van der Waals surface area contributed by atoms with E-state index in [-0.39, 0.29) is 0 Å². The van der Waals surface area contributed by atoms with Crippen LogP contribution in [0.25, 0.3) is 0 Å². The van der Waals surface area contributed by atoms with Crippen LogP contribution in [0.5, 0.6) is 0 Å². The number of nitrogens with two attached hydrogens (primary N) is 1. The lowest BCUT2D eigenvalue weighted by Gasteiger charge is -2.28. The van der Waals surface area contributed by atoms with Crippen LogP contribution in [0.15, 0.2) is 6.07 Å². The van der Waals surface area contributed by atoms with Gasteiger partial charge in [-0.3, -0.25) is 0 Å². The van der Waals surface area contributed by atoms with Gasteiger partial charge in [-0.1, -0.05) is 0 Å². The number of carboxylic acid groups (broad SMARTS) is 1. The molecule has 0 spiro atoms. The number of nitrogens with one attached hydrogen (secondary N) is 1. The lowest BCUT2D eigenvalue weighted by Crippen LogP contribution is -2.38. The van der Waals surface area contributed by atoms with Gasteiger partial charge in [0.15, 0.2) is 0 Å². The maximum atomic E-state index is 11.0. The number of carboxylic acids is 1. The second kappa shape index (κ2) is 5.16. The molecule has 1 aromatic rings. The minimum Gasteiger partial charge on any atom is -0.478 e. The van der Waals surface area contributed by atoms with Gasteiger partial charge < -0.3 is 16.2 Å². The molecular formula is C12H18N2O2S. The van der Waals surface area contributed by atoms with Crippen molar-refractivity contribution in [3.05, 3.63) is 21.4 Å². The number of aromatic carboxylic acids is 1. The molecule has 0 amide bonds. The molecule has 1 aromatic heterocycles. The zero-order valence-electron chi connectivity index (χ0n) is 9.90. The van der Waals surface area contributed by atoms with E-state index in [4.69, 9.17) is 10.8 Å². The molecule has 1 saturated heterocycles. The lowest BCUT2D eigenvalue weighted by molar-refractivity contribution is 0.0696. The molecule has 2 rings (SSSR count). The molecule has 1 fully saturated rings. The van der Waals surface area contributed by atoms with E-state index < -0.39 is 5.97 Å². The van der Waals surface area contributed by atoms with Gasteiger partial charge in [0, 0.05) is 22.2 Å². The van der Waals surface area contributed by atoms with Crippen molar-refractivity contribution in [1.82, 2.24) is 5.32 Å². The van der Waals surface area contributed by atoms with E-state index in [0.29, 0.717) is 23.9 Å². The molecule has 1 aliphatic rings. The standard InChI is InChI=1S/C12H18N2O2S/c1-7-10(12(15)16)3-11(17-7)9-2-8(4-13)5-14-6-9/h3,8-9,14H,2,4-6,13H2,1H3,(H,15,16). The highest BCUT2D eigenvalue weighted by atomic mass is 32.1. The smallest absolute Gasteiger partial charge is 0.336 e. The van der Waals surface area contributed by atoms with E-state index in [0.717, 1.165) is 24.4 Å². The molecule has 4 N–H and O–H groups in total. The zero-order valence-corrected chi connectivity index (χ0v) is 10.7. The third kappa shape index (κ3) is 2.68. The summed E-state index contributed by atoms with van der Waals surface area (Å²) >= 11 is 1.60. The van der Waals surface area contributed by atoms with Gasteiger partial charge in [-0.05, 0) is 38.4 Å². The summed E-state index contributed by atoms with van der Waals surface area (Å²) in [4.78, 5) is 13.1. The molecule has 0 radical (unpaired) electrons. The summed E-state index contributed by atoms with van der Waals surface area (Å²) in [6.45, 7) is 4.46. The number of rotatable bonds is 3. The number of carbonyl (C=O) groups is 1. The summed E-state index contributed by atoms with van der Waals surface area (Å²) in [5, 5.41) is 12.4. The minimum atomic E-state index is -0.829. The van der Waals surface area contributed by atoms with Crippen molar-refractivity contribution < 1.29 is 9.90 Å². The van der Waals surface area contributed by atoms with Gasteiger partial charge in [-0.15, -0.1) is 11.3 Å². The van der Waals surface area contributed by atoms with E-state index in [2.05, 4.69) is 5.32 Å². The van der Waals surface area contributed by atoms with Crippen molar-refractivity contribution in [3.8, 4) is 0 Å². The van der Waals surface area contributed by atoms with E-state index in [9.17, 15) is 4.79 Å². The Hall–Kier alpha value is -0.910. The Morgan fingerprint density at radius 1 is 1.65 bits per heavy atom. The van der Waals surface area contributed by atoms with Crippen LogP contribution in [0.3, 0.4) is 0 Å². The molecule has 0 aliphatic carbocycles. The van der Waals surface area contributed by atoms with Crippen LogP contribution < -0.4 is 11.1 Å². The molecule has 5 heteroatoms. The molecule has 4 nitrogen and oxygen atoms in total. The quantitative estimate of drug-likeness (QED) is 0.762. The first-order valence-corrected chi connectivity index (χ1v) is 6.68. The molecule has 0 aromatic carbocycles. The average Bonchev–Trinajstić information content (AvgIpc) is 2.71. The van der Waals surface area contributed by atoms with Crippen molar-refractivity contribution in [1.29, 1.82) is 0 Å². The summed E-state index contributed by atoms with van der Waals surface area (Å²) in [6, 6.07) is 1.83. The second-order valence-electron chi connectivity index (χ2n) is 4.62. The fraction of sp³-hybridized carbons (Fsp3) is 0.583. The highest BCUT2D eigenvalue weighted by Crippen LogP contribution is 2.33. The molecule has 17 heavy (non-hydrogen) atoms. The van der Waals surface area contributed by atoms with Gasteiger partial charge in [0.05, 0.1) is 5.56 Å².